The van der Waals surface area contributed by atoms with Crippen LogP contribution in [0.15, 0.2) is 69.2 Å². The lowest BCUT2D eigenvalue weighted by Gasteiger charge is -2.38. The number of fused-ring (bicyclic) bond motifs is 1. The van der Waals surface area contributed by atoms with Gasteiger partial charge in [0.2, 0.25) is 0 Å². The highest BCUT2D eigenvalue weighted by molar-refractivity contribution is 7.11. The number of nitrogens with one attached hydrogen (secondary N) is 1. The van der Waals surface area contributed by atoms with E-state index in [1.54, 1.807) is 23.7 Å². The molecule has 3 heterocycles. The molecule has 3 unspecified atom stereocenters. The van der Waals surface area contributed by atoms with E-state index in [-0.39, 0.29) is 28.9 Å². The van der Waals surface area contributed by atoms with Crippen LogP contribution in [-0.2, 0) is 27.2 Å². The maximum Gasteiger partial charge on any atom is 0.338 e. The average Bonchev–Trinajstić information content (AvgIpc) is 3.69. The summed E-state index contributed by atoms with van der Waals surface area (Å²) in [6.07, 6.45) is 8.67. The third kappa shape index (κ3) is 5.26. The summed E-state index contributed by atoms with van der Waals surface area (Å²) in [5.41, 5.74) is 1.50. The van der Waals surface area contributed by atoms with Gasteiger partial charge in [0, 0.05) is 47.0 Å². The number of aliphatic carboxylic acids is 1. The van der Waals surface area contributed by atoms with Crippen LogP contribution in [0.5, 0.6) is 0 Å². The molecule has 9 nitrogen and oxygen atoms in total. The van der Waals surface area contributed by atoms with Gasteiger partial charge in [-0.3, -0.25) is 9.79 Å². The number of benzene rings is 1. The van der Waals surface area contributed by atoms with E-state index < -0.39 is 40.6 Å². The van der Waals surface area contributed by atoms with Gasteiger partial charge in [-0.15, -0.1) is 11.3 Å². The highest BCUT2D eigenvalue weighted by Crippen LogP contribution is 2.49. The summed E-state index contributed by atoms with van der Waals surface area (Å²) in [5, 5.41) is 14.7. The maximum atomic E-state index is 14.6. The minimum Gasteiger partial charge on any atom is -0.481 e. The molecule has 1 fully saturated rings. The first-order chi connectivity index (χ1) is 21.2. The summed E-state index contributed by atoms with van der Waals surface area (Å²) in [7, 11) is 1.23. The molecule has 0 radical (unpaired) electrons. The van der Waals surface area contributed by atoms with Crippen molar-refractivity contribution in [1.82, 2.24) is 15.3 Å². The van der Waals surface area contributed by atoms with Gasteiger partial charge in [0.1, 0.15) is 11.8 Å². The molecule has 2 aliphatic carbocycles. The van der Waals surface area contributed by atoms with Gasteiger partial charge in [0.25, 0.3) is 0 Å². The predicted molar refractivity (Wildman–Crippen MR) is 158 cm³/mol. The number of aliphatic imine (C=N–C) groups is 1. The molecule has 44 heavy (non-hydrogen) atoms. The second-order valence-corrected chi connectivity index (χ2v) is 12.0. The number of halogens is 3. The number of carbonyl (C=O) groups is 2. The molecule has 0 saturated heterocycles. The van der Waals surface area contributed by atoms with E-state index >= 15 is 0 Å². The number of thiazole rings is 1. The van der Waals surface area contributed by atoms with E-state index in [1.807, 2.05) is 6.08 Å². The summed E-state index contributed by atoms with van der Waals surface area (Å²) in [5.74, 6) is -3.72. The van der Waals surface area contributed by atoms with Crippen molar-refractivity contribution in [2.24, 2.45) is 22.7 Å². The van der Waals surface area contributed by atoms with Crippen LogP contribution in [0.2, 0.25) is 5.02 Å². The van der Waals surface area contributed by atoms with Crippen LogP contribution < -0.4 is 5.32 Å². The monoisotopic (exact) mass is 640 g/mol. The lowest BCUT2D eigenvalue weighted by molar-refractivity contribution is -0.147. The molecule has 2 N–H and O–H groups in total. The number of carboxylic acid groups (broad SMARTS) is 1. The Labute approximate surface area is 260 Å². The molecule has 2 aromatic heterocycles. The molecule has 3 aliphatic rings. The number of carboxylic acids is 1. The molecule has 1 saturated carbocycles. The van der Waals surface area contributed by atoms with Crippen LogP contribution >= 0.6 is 22.9 Å². The fourth-order valence-corrected chi connectivity index (χ4v) is 6.97. The lowest BCUT2D eigenvalue weighted by Crippen LogP contribution is -2.39. The fourth-order valence-electron chi connectivity index (χ4n) is 6.13. The average molecular weight is 641 g/mol. The smallest absolute Gasteiger partial charge is 0.338 e. The van der Waals surface area contributed by atoms with Gasteiger partial charge in [-0.25, -0.2) is 23.5 Å². The minimum absolute atomic E-state index is 0.106. The molecule has 1 aromatic carbocycles. The molecule has 6 rings (SSSR count). The Morgan fingerprint density at radius 3 is 2.84 bits per heavy atom. The lowest BCUT2D eigenvalue weighted by atomic mass is 9.64. The number of hydrogen-bond acceptors (Lipinski definition) is 9. The molecule has 228 valence electrons. The van der Waals surface area contributed by atoms with Gasteiger partial charge in [-0.1, -0.05) is 42.5 Å². The Morgan fingerprint density at radius 1 is 1.32 bits per heavy atom. The highest BCUT2D eigenvalue weighted by atomic mass is 35.5. The molecule has 0 spiro atoms. The molecule has 0 bridgehead atoms. The quantitative estimate of drug-likeness (QED) is 0.176. The van der Waals surface area contributed by atoms with Crippen molar-refractivity contribution in [2.75, 3.05) is 7.11 Å². The van der Waals surface area contributed by atoms with Crippen LogP contribution in [-0.4, -0.2) is 40.0 Å². The largest absolute Gasteiger partial charge is 0.481 e. The van der Waals surface area contributed by atoms with Gasteiger partial charge in [0.05, 0.1) is 29.3 Å². The number of ether oxygens (including phenoxy) is 1. The zero-order valence-corrected chi connectivity index (χ0v) is 25.0. The SMILES string of the molecule is C=C/C=C\C1[C@H](C(=O)O)C[C@H]1c1nc2c(o1)CC(C1=C(C(=O)OC)C(c3ccc(F)c(F)c3Cl)N=C(c3nccs3)N1)CC2. The number of methoxy groups -OCH3 is 1. The zero-order chi connectivity index (χ0) is 31.1. The number of hydrogen-bond donors (Lipinski definition) is 2. The number of carbonyl (C=O) groups excluding carboxylic acids is 1. The van der Waals surface area contributed by atoms with Crippen molar-refractivity contribution in [3.8, 4) is 0 Å². The molecule has 5 atom stereocenters. The minimum atomic E-state index is -1.24. The molecular weight excluding hydrogens is 614 g/mol. The fraction of sp³-hybridized carbons (Fsp3) is 0.323. The van der Waals surface area contributed by atoms with Gasteiger partial charge in [0.15, 0.2) is 28.4 Å². The summed E-state index contributed by atoms with van der Waals surface area (Å²) >= 11 is 7.60. The molecule has 1 aliphatic heterocycles. The van der Waals surface area contributed by atoms with Crippen LogP contribution in [0, 0.1) is 29.4 Å². The first kappa shape index (κ1) is 29.9. The van der Waals surface area contributed by atoms with Crippen molar-refractivity contribution in [3.05, 3.63) is 104 Å². The van der Waals surface area contributed by atoms with Gasteiger partial charge in [-0.05, 0) is 25.3 Å². The Bertz CT molecular complexity index is 1730. The standard InChI is InChI=1S/C31H27ClF2N4O5S/c1-3-4-5-15-17(13-18(15)30(39)40)28-36-20-9-6-14(12-21(20)43-28)25-22(31(41)42-2)26(16-7-8-19(33)24(34)23(16)32)38-27(37-25)29-35-10-11-44-29/h3-5,7-8,10-11,14-15,17-18,26H,1,6,9,12-13H2,2H3,(H,37,38)(H,39,40)/b5-4-/t14?,15?,17-,18-,26?/m1/s1. The van der Waals surface area contributed by atoms with E-state index in [0.717, 1.165) is 11.8 Å². The predicted octanol–water partition coefficient (Wildman–Crippen LogP) is 5.93. The van der Waals surface area contributed by atoms with Crippen molar-refractivity contribution in [3.63, 3.8) is 0 Å². The Kier molecular flexibility index (Phi) is 8.21. The molecule has 13 heteroatoms. The molecule has 3 aromatic rings. The highest BCUT2D eigenvalue weighted by Gasteiger charge is 2.48. The van der Waals surface area contributed by atoms with E-state index in [1.165, 1.54) is 24.5 Å². The Hall–Kier alpha value is -4.16. The van der Waals surface area contributed by atoms with E-state index in [2.05, 4.69) is 16.9 Å². The number of aromatic nitrogens is 2. The number of rotatable bonds is 8. The van der Waals surface area contributed by atoms with Crippen molar-refractivity contribution >= 4 is 40.7 Å². The first-order valence-electron chi connectivity index (χ1n) is 13.9. The second kappa shape index (κ2) is 12.1. The summed E-state index contributed by atoms with van der Waals surface area (Å²) in [4.78, 5) is 38.9. The molecule has 0 amide bonds. The zero-order valence-electron chi connectivity index (χ0n) is 23.4. The number of oxazole rings is 1. The number of nitrogens with zero attached hydrogens (tertiary/aromatic N) is 3. The number of esters is 1. The third-order valence-electron chi connectivity index (χ3n) is 8.38. The van der Waals surface area contributed by atoms with Crippen LogP contribution in [0.1, 0.15) is 52.7 Å². The van der Waals surface area contributed by atoms with Crippen LogP contribution in [0.3, 0.4) is 0 Å². The number of amidine groups is 1. The number of aryl methyl sites for hydroxylation is 1. The first-order valence-corrected chi connectivity index (χ1v) is 15.2. The summed E-state index contributed by atoms with van der Waals surface area (Å²) in [6.45, 7) is 3.68. The molecular formula is C31H27ClF2N4O5S. The van der Waals surface area contributed by atoms with Gasteiger partial charge < -0.3 is 19.6 Å². The Balaban J connectivity index is 1.38. The van der Waals surface area contributed by atoms with E-state index in [4.69, 9.17) is 30.7 Å². The van der Waals surface area contributed by atoms with Crippen LogP contribution in [0.4, 0.5) is 8.78 Å². The van der Waals surface area contributed by atoms with Crippen molar-refractivity contribution in [1.29, 1.82) is 0 Å². The van der Waals surface area contributed by atoms with E-state index in [9.17, 15) is 23.5 Å². The third-order valence-corrected chi connectivity index (χ3v) is 9.54. The van der Waals surface area contributed by atoms with Crippen molar-refractivity contribution < 1.29 is 32.6 Å². The normalized spacial score (nSPS) is 24.7. The van der Waals surface area contributed by atoms with Crippen molar-refractivity contribution in [2.45, 2.75) is 37.6 Å². The van der Waals surface area contributed by atoms with Crippen LogP contribution in [0.25, 0.3) is 0 Å². The second-order valence-electron chi connectivity index (χ2n) is 10.8. The topological polar surface area (TPSA) is 127 Å². The Morgan fingerprint density at radius 2 is 2.14 bits per heavy atom. The van der Waals surface area contributed by atoms with Gasteiger partial charge >= 0.3 is 11.9 Å². The van der Waals surface area contributed by atoms with Gasteiger partial charge in [-0.2, -0.15) is 0 Å². The maximum absolute atomic E-state index is 14.6. The van der Waals surface area contributed by atoms with E-state index in [0.29, 0.717) is 53.9 Å². The number of allylic oxidation sites excluding steroid dienone is 4. The summed E-state index contributed by atoms with van der Waals surface area (Å²) in [6, 6.07) is 1.15. The summed E-state index contributed by atoms with van der Waals surface area (Å²) < 4.78 is 40.1.